The second-order valence-corrected chi connectivity index (χ2v) is 5.48. The van der Waals surface area contributed by atoms with Gasteiger partial charge in [0.2, 0.25) is 0 Å². The van der Waals surface area contributed by atoms with E-state index in [2.05, 4.69) is 37.3 Å². The summed E-state index contributed by atoms with van der Waals surface area (Å²) in [6.07, 6.45) is 8.92. The van der Waals surface area contributed by atoms with Crippen LogP contribution >= 0.6 is 0 Å². The fourth-order valence-electron chi connectivity index (χ4n) is 3.35. The van der Waals surface area contributed by atoms with E-state index in [0.29, 0.717) is 6.04 Å². The minimum Gasteiger partial charge on any atom is -0.327 e. The molecule has 1 aromatic carbocycles. The zero-order valence-corrected chi connectivity index (χ0v) is 11.0. The lowest BCUT2D eigenvalue weighted by atomic mass is 9.71. The van der Waals surface area contributed by atoms with E-state index in [1.54, 1.807) is 0 Å². The number of rotatable bonds is 5. The fraction of sp³-hybridized carbons (Fsp3) is 0.625. The first-order valence-corrected chi connectivity index (χ1v) is 7.11. The molecule has 1 saturated carbocycles. The van der Waals surface area contributed by atoms with E-state index in [4.69, 9.17) is 5.73 Å². The van der Waals surface area contributed by atoms with E-state index in [9.17, 15) is 0 Å². The van der Waals surface area contributed by atoms with Gasteiger partial charge in [0.15, 0.2) is 0 Å². The maximum atomic E-state index is 6.53. The Kier molecular flexibility index (Phi) is 4.22. The smallest absolute Gasteiger partial charge is 0.0136 e. The Morgan fingerprint density at radius 3 is 2.41 bits per heavy atom. The van der Waals surface area contributed by atoms with Crippen LogP contribution in [0.1, 0.15) is 57.4 Å². The molecule has 1 atom stereocenters. The number of hydrogen-bond acceptors (Lipinski definition) is 1. The summed E-state index contributed by atoms with van der Waals surface area (Å²) in [5.41, 5.74) is 8.28. The van der Waals surface area contributed by atoms with Crippen molar-refractivity contribution in [3.63, 3.8) is 0 Å². The van der Waals surface area contributed by atoms with Gasteiger partial charge in [0.25, 0.3) is 0 Å². The summed E-state index contributed by atoms with van der Waals surface area (Å²) in [5.74, 6) is 0. The van der Waals surface area contributed by atoms with Gasteiger partial charge in [0.1, 0.15) is 0 Å². The molecule has 0 heterocycles. The van der Waals surface area contributed by atoms with Gasteiger partial charge in [-0.05, 0) is 24.8 Å². The minimum atomic E-state index is 0.274. The standard InChI is InChI=1S/C16H25N/c1-2-3-11-15(17)16(12-7-8-13-16)14-9-5-4-6-10-14/h4-6,9-10,15H,2-3,7-8,11-13,17H2,1H3. The molecule has 0 radical (unpaired) electrons. The van der Waals surface area contributed by atoms with Crippen LogP contribution in [-0.4, -0.2) is 6.04 Å². The fourth-order valence-corrected chi connectivity index (χ4v) is 3.35. The third kappa shape index (κ3) is 2.55. The first kappa shape index (κ1) is 12.6. The molecule has 0 aromatic heterocycles. The summed E-state index contributed by atoms with van der Waals surface area (Å²) >= 11 is 0. The minimum absolute atomic E-state index is 0.274. The molecule has 1 aliphatic rings. The van der Waals surface area contributed by atoms with Crippen molar-refractivity contribution in [2.45, 2.75) is 63.3 Å². The Balaban J connectivity index is 2.20. The largest absolute Gasteiger partial charge is 0.327 e. The maximum Gasteiger partial charge on any atom is 0.0136 e. The van der Waals surface area contributed by atoms with Gasteiger partial charge < -0.3 is 5.73 Å². The summed E-state index contributed by atoms with van der Waals surface area (Å²) < 4.78 is 0. The van der Waals surface area contributed by atoms with Gasteiger partial charge in [-0.15, -0.1) is 0 Å². The summed E-state index contributed by atoms with van der Waals surface area (Å²) in [7, 11) is 0. The summed E-state index contributed by atoms with van der Waals surface area (Å²) in [6.45, 7) is 2.25. The summed E-state index contributed by atoms with van der Waals surface area (Å²) in [4.78, 5) is 0. The molecule has 0 bridgehead atoms. The monoisotopic (exact) mass is 231 g/mol. The second-order valence-electron chi connectivity index (χ2n) is 5.48. The molecule has 1 unspecified atom stereocenters. The molecular formula is C16H25N. The lowest BCUT2D eigenvalue weighted by molar-refractivity contribution is 0.328. The Morgan fingerprint density at radius 2 is 1.82 bits per heavy atom. The van der Waals surface area contributed by atoms with Crippen molar-refractivity contribution < 1.29 is 0 Å². The molecule has 94 valence electrons. The highest BCUT2D eigenvalue weighted by molar-refractivity contribution is 5.29. The van der Waals surface area contributed by atoms with Gasteiger partial charge in [-0.2, -0.15) is 0 Å². The third-order valence-corrected chi connectivity index (χ3v) is 4.42. The molecular weight excluding hydrogens is 206 g/mol. The van der Waals surface area contributed by atoms with Crippen LogP contribution in [0, 0.1) is 0 Å². The second kappa shape index (κ2) is 5.68. The molecule has 0 saturated heterocycles. The van der Waals surface area contributed by atoms with Crippen LogP contribution in [0.15, 0.2) is 30.3 Å². The molecule has 2 rings (SSSR count). The number of nitrogens with two attached hydrogens (primary N) is 1. The first-order chi connectivity index (χ1) is 8.29. The van der Waals surface area contributed by atoms with Crippen LogP contribution in [0.2, 0.25) is 0 Å². The molecule has 2 N–H and O–H groups in total. The van der Waals surface area contributed by atoms with Gasteiger partial charge >= 0.3 is 0 Å². The zero-order chi connectivity index (χ0) is 12.1. The SMILES string of the molecule is CCCCC(N)C1(c2ccccc2)CCCC1. The molecule has 0 spiro atoms. The van der Waals surface area contributed by atoms with E-state index in [1.807, 2.05) is 0 Å². The van der Waals surface area contributed by atoms with E-state index in [1.165, 1.54) is 50.5 Å². The van der Waals surface area contributed by atoms with Crippen LogP contribution in [0.25, 0.3) is 0 Å². The van der Waals surface area contributed by atoms with Crippen LogP contribution in [0.5, 0.6) is 0 Å². The molecule has 1 nitrogen and oxygen atoms in total. The van der Waals surface area contributed by atoms with Crippen molar-refractivity contribution in [2.24, 2.45) is 5.73 Å². The molecule has 0 aliphatic heterocycles. The van der Waals surface area contributed by atoms with E-state index in [0.717, 1.165) is 0 Å². The van der Waals surface area contributed by atoms with Gasteiger partial charge in [-0.25, -0.2) is 0 Å². The predicted molar refractivity (Wildman–Crippen MR) is 74.1 cm³/mol. The quantitative estimate of drug-likeness (QED) is 0.814. The maximum absolute atomic E-state index is 6.53. The summed E-state index contributed by atoms with van der Waals surface area (Å²) in [6, 6.07) is 11.3. The van der Waals surface area contributed by atoms with Crippen LogP contribution < -0.4 is 5.73 Å². The van der Waals surface area contributed by atoms with Gasteiger partial charge in [-0.3, -0.25) is 0 Å². The molecule has 0 amide bonds. The van der Waals surface area contributed by atoms with Crippen molar-refractivity contribution in [3.05, 3.63) is 35.9 Å². The predicted octanol–water partition coefficient (Wildman–Crippen LogP) is 4.02. The lowest BCUT2D eigenvalue weighted by Crippen LogP contribution is -2.43. The molecule has 1 heteroatoms. The van der Waals surface area contributed by atoms with Crippen LogP contribution in [0.4, 0.5) is 0 Å². The van der Waals surface area contributed by atoms with E-state index < -0.39 is 0 Å². The highest BCUT2D eigenvalue weighted by atomic mass is 14.7. The van der Waals surface area contributed by atoms with Gasteiger partial charge in [0, 0.05) is 11.5 Å². The van der Waals surface area contributed by atoms with E-state index in [-0.39, 0.29) is 5.41 Å². The van der Waals surface area contributed by atoms with Crippen LogP contribution in [0.3, 0.4) is 0 Å². The number of benzene rings is 1. The topological polar surface area (TPSA) is 26.0 Å². The molecule has 1 aromatic rings. The molecule has 1 fully saturated rings. The van der Waals surface area contributed by atoms with Crippen molar-refractivity contribution in [1.29, 1.82) is 0 Å². The van der Waals surface area contributed by atoms with E-state index >= 15 is 0 Å². The van der Waals surface area contributed by atoms with Crippen molar-refractivity contribution in [3.8, 4) is 0 Å². The Hall–Kier alpha value is -0.820. The Morgan fingerprint density at radius 1 is 1.18 bits per heavy atom. The zero-order valence-electron chi connectivity index (χ0n) is 11.0. The van der Waals surface area contributed by atoms with Crippen LogP contribution in [-0.2, 0) is 5.41 Å². The Labute approximate surface area is 105 Å². The normalized spacial score (nSPS) is 20.4. The van der Waals surface area contributed by atoms with Crippen molar-refractivity contribution in [2.75, 3.05) is 0 Å². The molecule has 17 heavy (non-hydrogen) atoms. The van der Waals surface area contributed by atoms with Gasteiger partial charge in [-0.1, -0.05) is 62.9 Å². The highest BCUT2D eigenvalue weighted by Gasteiger charge is 2.40. The highest BCUT2D eigenvalue weighted by Crippen LogP contribution is 2.44. The number of unbranched alkanes of at least 4 members (excludes halogenated alkanes) is 1. The average molecular weight is 231 g/mol. The van der Waals surface area contributed by atoms with Crippen molar-refractivity contribution >= 4 is 0 Å². The lowest BCUT2D eigenvalue weighted by Gasteiger charge is -2.36. The van der Waals surface area contributed by atoms with Crippen molar-refractivity contribution in [1.82, 2.24) is 0 Å². The first-order valence-electron chi connectivity index (χ1n) is 7.11. The number of hydrogen-bond donors (Lipinski definition) is 1. The molecule has 1 aliphatic carbocycles. The Bertz CT molecular complexity index is 325. The third-order valence-electron chi connectivity index (χ3n) is 4.42. The van der Waals surface area contributed by atoms with Gasteiger partial charge in [0.05, 0.1) is 0 Å². The summed E-state index contributed by atoms with van der Waals surface area (Å²) in [5, 5.41) is 0. The average Bonchev–Trinajstić information content (AvgIpc) is 2.87.